The van der Waals surface area contributed by atoms with Gasteiger partial charge in [0, 0.05) is 0 Å². The lowest BCUT2D eigenvalue weighted by Gasteiger charge is -2.03. The average Bonchev–Trinajstić information content (AvgIpc) is 2.01. The van der Waals surface area contributed by atoms with E-state index in [0.717, 1.165) is 12.2 Å². The standard InChI is InChI=1S/C11H16O/c1-5-7-9-11(4)12-10(3)8-6-2/h5-6,8-9H,1,3,7H2,2,4H3/b8-6-,11-9-. The summed E-state index contributed by atoms with van der Waals surface area (Å²) in [5.74, 6) is 1.52. The van der Waals surface area contributed by atoms with E-state index < -0.39 is 0 Å². The highest BCUT2D eigenvalue weighted by atomic mass is 16.5. The van der Waals surface area contributed by atoms with Crippen molar-refractivity contribution in [2.24, 2.45) is 0 Å². The van der Waals surface area contributed by atoms with Crippen LogP contribution in [0.5, 0.6) is 0 Å². The lowest BCUT2D eigenvalue weighted by molar-refractivity contribution is 0.323. The van der Waals surface area contributed by atoms with Crippen LogP contribution in [0.25, 0.3) is 0 Å². The van der Waals surface area contributed by atoms with E-state index in [1.54, 1.807) is 0 Å². The van der Waals surface area contributed by atoms with Gasteiger partial charge in [0.25, 0.3) is 0 Å². The van der Waals surface area contributed by atoms with Gasteiger partial charge in [-0.25, -0.2) is 0 Å². The van der Waals surface area contributed by atoms with E-state index in [4.69, 9.17) is 4.74 Å². The van der Waals surface area contributed by atoms with Gasteiger partial charge in [-0.15, -0.1) is 6.58 Å². The number of hydrogen-bond acceptors (Lipinski definition) is 1. The Morgan fingerprint density at radius 2 is 2.17 bits per heavy atom. The summed E-state index contributed by atoms with van der Waals surface area (Å²) in [6.07, 6.45) is 8.33. The average molecular weight is 164 g/mol. The molecule has 0 saturated carbocycles. The highest BCUT2D eigenvalue weighted by Gasteiger charge is 1.89. The maximum atomic E-state index is 5.32. The van der Waals surface area contributed by atoms with Gasteiger partial charge in [0.15, 0.2) is 0 Å². The molecule has 0 aromatic heterocycles. The van der Waals surface area contributed by atoms with E-state index in [9.17, 15) is 0 Å². The van der Waals surface area contributed by atoms with Gasteiger partial charge in [0.1, 0.15) is 5.76 Å². The van der Waals surface area contributed by atoms with Crippen LogP contribution in [-0.2, 0) is 4.74 Å². The molecule has 0 aliphatic rings. The topological polar surface area (TPSA) is 9.23 Å². The summed E-state index contributed by atoms with van der Waals surface area (Å²) in [5.41, 5.74) is 0. The summed E-state index contributed by atoms with van der Waals surface area (Å²) < 4.78 is 5.32. The van der Waals surface area contributed by atoms with Crippen molar-refractivity contribution in [3.05, 3.63) is 49.0 Å². The predicted molar refractivity (Wildman–Crippen MR) is 53.6 cm³/mol. The van der Waals surface area contributed by atoms with Gasteiger partial charge in [0.05, 0.1) is 5.76 Å². The molecule has 0 radical (unpaired) electrons. The van der Waals surface area contributed by atoms with Crippen LogP contribution in [0.2, 0.25) is 0 Å². The smallest absolute Gasteiger partial charge is 0.119 e. The Bertz CT molecular complexity index is 209. The normalized spacial score (nSPS) is 11.7. The largest absolute Gasteiger partial charge is 0.463 e. The molecule has 1 nitrogen and oxygen atoms in total. The van der Waals surface area contributed by atoms with E-state index >= 15 is 0 Å². The van der Waals surface area contributed by atoms with Crippen LogP contribution in [0, 0.1) is 0 Å². The van der Waals surface area contributed by atoms with Crippen LogP contribution in [0.4, 0.5) is 0 Å². The van der Waals surface area contributed by atoms with Crippen LogP contribution in [0.3, 0.4) is 0 Å². The van der Waals surface area contributed by atoms with Crippen LogP contribution < -0.4 is 0 Å². The Labute approximate surface area is 74.7 Å². The van der Waals surface area contributed by atoms with Gasteiger partial charge in [-0.1, -0.05) is 18.7 Å². The maximum Gasteiger partial charge on any atom is 0.119 e. The lowest BCUT2D eigenvalue weighted by Crippen LogP contribution is -1.84. The molecule has 0 atom stereocenters. The third-order valence-corrected chi connectivity index (χ3v) is 1.22. The molecule has 66 valence electrons. The van der Waals surface area contributed by atoms with Crippen LogP contribution in [0.15, 0.2) is 49.0 Å². The molecule has 12 heavy (non-hydrogen) atoms. The SMILES string of the molecule is C=CC/C=C(/C)OC(=C)/C=C\C. The molecule has 0 heterocycles. The second kappa shape index (κ2) is 6.47. The first-order chi connectivity index (χ1) is 5.70. The molecular weight excluding hydrogens is 148 g/mol. The van der Waals surface area contributed by atoms with E-state index in [-0.39, 0.29) is 0 Å². The fourth-order valence-corrected chi connectivity index (χ4v) is 0.718. The summed E-state index contributed by atoms with van der Waals surface area (Å²) in [6.45, 7) is 11.2. The molecule has 0 N–H and O–H groups in total. The zero-order chi connectivity index (χ0) is 9.40. The Morgan fingerprint density at radius 3 is 2.67 bits per heavy atom. The number of hydrogen-bond donors (Lipinski definition) is 0. The van der Waals surface area contributed by atoms with Crippen LogP contribution in [-0.4, -0.2) is 0 Å². The zero-order valence-electron chi connectivity index (χ0n) is 7.84. The second-order valence-corrected chi connectivity index (χ2v) is 2.41. The van der Waals surface area contributed by atoms with Crippen molar-refractivity contribution in [3.8, 4) is 0 Å². The van der Waals surface area contributed by atoms with Gasteiger partial charge in [-0.2, -0.15) is 0 Å². The summed E-state index contributed by atoms with van der Waals surface area (Å²) in [6, 6.07) is 0. The van der Waals surface area contributed by atoms with Crippen molar-refractivity contribution < 1.29 is 4.74 Å². The van der Waals surface area contributed by atoms with Crippen molar-refractivity contribution in [1.29, 1.82) is 0 Å². The molecule has 0 saturated heterocycles. The molecule has 0 aromatic carbocycles. The van der Waals surface area contributed by atoms with Crippen LogP contribution in [0.1, 0.15) is 20.3 Å². The van der Waals surface area contributed by atoms with Gasteiger partial charge < -0.3 is 4.74 Å². The molecule has 0 aliphatic carbocycles. The number of allylic oxidation sites excluding steroid dienone is 5. The first-order valence-electron chi connectivity index (χ1n) is 3.97. The fourth-order valence-electron chi connectivity index (χ4n) is 0.718. The summed E-state index contributed by atoms with van der Waals surface area (Å²) >= 11 is 0. The van der Waals surface area contributed by atoms with Crippen LogP contribution >= 0.6 is 0 Å². The quantitative estimate of drug-likeness (QED) is 0.343. The molecule has 0 fully saturated rings. The molecule has 0 spiro atoms. The van der Waals surface area contributed by atoms with Gasteiger partial charge in [-0.3, -0.25) is 0 Å². The zero-order valence-corrected chi connectivity index (χ0v) is 7.84. The minimum atomic E-state index is 0.662. The molecule has 1 heteroatoms. The van der Waals surface area contributed by atoms with Crippen molar-refractivity contribution in [3.63, 3.8) is 0 Å². The summed E-state index contributed by atoms with van der Waals surface area (Å²) in [7, 11) is 0. The van der Waals surface area contributed by atoms with Gasteiger partial charge in [-0.05, 0) is 32.4 Å². The van der Waals surface area contributed by atoms with Crippen molar-refractivity contribution in [2.45, 2.75) is 20.3 Å². The molecule has 0 aliphatic heterocycles. The molecule has 0 rings (SSSR count). The number of rotatable bonds is 5. The molecule has 0 bridgehead atoms. The third-order valence-electron chi connectivity index (χ3n) is 1.22. The Morgan fingerprint density at radius 1 is 1.50 bits per heavy atom. The maximum absolute atomic E-state index is 5.32. The minimum absolute atomic E-state index is 0.662. The minimum Gasteiger partial charge on any atom is -0.463 e. The highest BCUT2D eigenvalue weighted by Crippen LogP contribution is 2.05. The molecule has 0 amide bonds. The van der Waals surface area contributed by atoms with Gasteiger partial charge >= 0.3 is 0 Å². The molecule has 0 unspecified atom stereocenters. The summed E-state index contributed by atoms with van der Waals surface area (Å²) in [5, 5.41) is 0. The fraction of sp³-hybridized carbons (Fsp3) is 0.273. The molecular formula is C11H16O. The number of ether oxygens (including phenoxy) is 1. The summed E-state index contributed by atoms with van der Waals surface area (Å²) in [4.78, 5) is 0. The van der Waals surface area contributed by atoms with E-state index in [2.05, 4.69) is 13.2 Å². The van der Waals surface area contributed by atoms with E-state index in [1.165, 1.54) is 0 Å². The first-order valence-corrected chi connectivity index (χ1v) is 3.97. The first kappa shape index (κ1) is 10.8. The molecule has 0 aromatic rings. The lowest BCUT2D eigenvalue weighted by atomic mass is 10.3. The van der Waals surface area contributed by atoms with Gasteiger partial charge in [0.2, 0.25) is 0 Å². The van der Waals surface area contributed by atoms with E-state index in [0.29, 0.717) is 5.76 Å². The highest BCUT2D eigenvalue weighted by molar-refractivity contribution is 5.09. The Balaban J connectivity index is 3.90. The Kier molecular flexibility index (Phi) is 5.80. The van der Waals surface area contributed by atoms with Crippen molar-refractivity contribution in [2.75, 3.05) is 0 Å². The predicted octanol–water partition coefficient (Wildman–Crippen LogP) is 3.57. The second-order valence-electron chi connectivity index (χ2n) is 2.41. The third kappa shape index (κ3) is 5.54. The van der Waals surface area contributed by atoms with Crippen molar-refractivity contribution >= 4 is 0 Å². The van der Waals surface area contributed by atoms with Crippen molar-refractivity contribution in [1.82, 2.24) is 0 Å². The Hall–Kier alpha value is -1.24. The monoisotopic (exact) mass is 164 g/mol. The van der Waals surface area contributed by atoms with E-state index in [1.807, 2.05) is 38.2 Å².